The number of carboxylic acids is 1. The molecule has 2 aromatic rings. The summed E-state index contributed by atoms with van der Waals surface area (Å²) in [7, 11) is 0. The quantitative estimate of drug-likeness (QED) is 0.886. The zero-order chi connectivity index (χ0) is 12.3. The van der Waals surface area contributed by atoms with Crippen molar-refractivity contribution in [1.29, 1.82) is 0 Å². The first-order valence-electron chi connectivity index (χ1n) is 4.64. The predicted octanol–water partition coefficient (Wildman–Crippen LogP) is 0.749. The molecule has 88 valence electrons. The molecule has 0 saturated heterocycles. The van der Waals surface area contributed by atoms with Crippen LogP contribution in [0.1, 0.15) is 15.4 Å². The number of rotatable bonds is 4. The lowest BCUT2D eigenvalue weighted by Crippen LogP contribution is -2.24. The van der Waals surface area contributed by atoms with E-state index in [1.807, 2.05) is 0 Å². The monoisotopic (exact) mass is 267 g/mol. The van der Waals surface area contributed by atoms with E-state index in [4.69, 9.17) is 0 Å². The lowest BCUT2D eigenvalue weighted by Gasteiger charge is -1.98. The zero-order valence-electron chi connectivity index (χ0n) is 8.50. The van der Waals surface area contributed by atoms with E-state index in [1.165, 1.54) is 22.7 Å². The number of anilines is 1. The average Bonchev–Trinajstić information content (AvgIpc) is 2.87. The van der Waals surface area contributed by atoms with Crippen molar-refractivity contribution >= 4 is 39.7 Å². The van der Waals surface area contributed by atoms with Crippen molar-refractivity contribution in [2.45, 2.75) is 6.42 Å². The number of carbonyl (C=O) groups excluding carboxylic acids is 2. The number of hydrogen-bond donors (Lipinski definition) is 1. The normalized spacial score (nSPS) is 10.1. The minimum atomic E-state index is -1.19. The molecule has 7 heteroatoms. The molecule has 17 heavy (non-hydrogen) atoms. The van der Waals surface area contributed by atoms with Gasteiger partial charge in [0.2, 0.25) is 0 Å². The standard InChI is InChI=1S/C10H8N2O3S2/c13-8(14)4-6-5-17-10(11-6)12-9(15)7-2-1-3-16-7/h1-3,5H,4H2,(H,13,14)(H,11,12,15)/p-1. The van der Waals surface area contributed by atoms with E-state index >= 15 is 0 Å². The molecule has 2 rings (SSSR count). The van der Waals surface area contributed by atoms with Crippen molar-refractivity contribution in [2.24, 2.45) is 0 Å². The number of nitrogens with one attached hydrogen (secondary N) is 1. The first-order valence-corrected chi connectivity index (χ1v) is 6.40. The van der Waals surface area contributed by atoms with E-state index in [1.54, 1.807) is 22.9 Å². The minimum Gasteiger partial charge on any atom is -0.550 e. The number of nitrogens with zero attached hydrogens (tertiary/aromatic N) is 1. The van der Waals surface area contributed by atoms with Gasteiger partial charge in [0.25, 0.3) is 5.91 Å². The van der Waals surface area contributed by atoms with Crippen LogP contribution >= 0.6 is 22.7 Å². The maximum atomic E-state index is 11.6. The van der Waals surface area contributed by atoms with Crippen LogP contribution in [0.15, 0.2) is 22.9 Å². The Morgan fingerprint density at radius 2 is 2.24 bits per heavy atom. The highest BCUT2D eigenvalue weighted by molar-refractivity contribution is 7.14. The molecule has 0 radical (unpaired) electrons. The first-order chi connectivity index (χ1) is 8.15. The number of amides is 1. The topological polar surface area (TPSA) is 82.1 Å². The molecule has 0 aliphatic heterocycles. The van der Waals surface area contributed by atoms with Gasteiger partial charge in [-0.2, -0.15) is 0 Å². The Morgan fingerprint density at radius 3 is 2.88 bits per heavy atom. The largest absolute Gasteiger partial charge is 0.550 e. The molecule has 1 amide bonds. The van der Waals surface area contributed by atoms with Crippen LogP contribution in [0.25, 0.3) is 0 Å². The molecule has 2 aromatic heterocycles. The fourth-order valence-corrected chi connectivity index (χ4v) is 2.48. The summed E-state index contributed by atoms with van der Waals surface area (Å²) in [5.74, 6) is -1.43. The number of carbonyl (C=O) groups is 2. The molecule has 0 fully saturated rings. The van der Waals surface area contributed by atoms with E-state index in [0.29, 0.717) is 15.7 Å². The third kappa shape index (κ3) is 3.11. The summed E-state index contributed by atoms with van der Waals surface area (Å²) < 4.78 is 0. The molecule has 2 heterocycles. The van der Waals surface area contributed by atoms with Crippen LogP contribution in [0.5, 0.6) is 0 Å². The molecule has 0 aliphatic carbocycles. The maximum absolute atomic E-state index is 11.6. The average molecular weight is 267 g/mol. The molecule has 0 aliphatic rings. The molecule has 0 bridgehead atoms. The smallest absolute Gasteiger partial charge is 0.267 e. The lowest BCUT2D eigenvalue weighted by atomic mass is 10.3. The molecule has 0 aromatic carbocycles. The van der Waals surface area contributed by atoms with Crippen LogP contribution in [0, 0.1) is 0 Å². The fourth-order valence-electron chi connectivity index (χ4n) is 1.16. The minimum absolute atomic E-state index is 0.241. The number of aromatic nitrogens is 1. The Balaban J connectivity index is 2.02. The predicted molar refractivity (Wildman–Crippen MR) is 63.1 cm³/mol. The highest BCUT2D eigenvalue weighted by atomic mass is 32.1. The molecule has 0 saturated carbocycles. The fraction of sp³-hybridized carbons (Fsp3) is 0.100. The summed E-state index contributed by atoms with van der Waals surface area (Å²) in [6.07, 6.45) is -0.245. The summed E-state index contributed by atoms with van der Waals surface area (Å²) in [6.45, 7) is 0. The van der Waals surface area contributed by atoms with Gasteiger partial charge in [-0.3, -0.25) is 10.1 Å². The first kappa shape index (κ1) is 11.7. The van der Waals surface area contributed by atoms with Crippen molar-refractivity contribution < 1.29 is 14.7 Å². The third-order valence-corrected chi connectivity index (χ3v) is 3.52. The van der Waals surface area contributed by atoms with Gasteiger partial charge in [0.15, 0.2) is 5.13 Å². The number of thiophene rings is 1. The SMILES string of the molecule is O=C([O-])Cc1csc(NC(=O)c2cccs2)n1. The molecular formula is C10H7N2O3S2-. The Morgan fingerprint density at radius 1 is 1.41 bits per heavy atom. The van der Waals surface area contributed by atoms with Gasteiger partial charge in [-0.05, 0) is 11.4 Å². The van der Waals surface area contributed by atoms with Crippen molar-refractivity contribution in [1.82, 2.24) is 4.98 Å². The van der Waals surface area contributed by atoms with Gasteiger partial charge >= 0.3 is 0 Å². The third-order valence-electron chi connectivity index (χ3n) is 1.84. The Labute approximate surface area is 105 Å². The highest BCUT2D eigenvalue weighted by Gasteiger charge is 2.09. The number of thiazole rings is 1. The number of aliphatic carboxylic acids is 1. The Bertz CT molecular complexity index is 534. The molecule has 0 unspecified atom stereocenters. The summed E-state index contributed by atoms with van der Waals surface area (Å²) in [5, 5.41) is 16.7. The summed E-state index contributed by atoms with van der Waals surface area (Å²) >= 11 is 2.52. The number of hydrogen-bond acceptors (Lipinski definition) is 6. The van der Waals surface area contributed by atoms with Crippen LogP contribution < -0.4 is 10.4 Å². The molecular weight excluding hydrogens is 260 g/mol. The van der Waals surface area contributed by atoms with Crippen molar-refractivity contribution in [3.8, 4) is 0 Å². The van der Waals surface area contributed by atoms with Crippen LogP contribution in [0.4, 0.5) is 5.13 Å². The Hall–Kier alpha value is -1.73. The summed E-state index contributed by atoms with van der Waals surface area (Å²) in [4.78, 5) is 26.6. The van der Waals surface area contributed by atoms with Crippen molar-refractivity contribution in [3.05, 3.63) is 33.5 Å². The van der Waals surface area contributed by atoms with E-state index in [0.717, 1.165) is 0 Å². The van der Waals surface area contributed by atoms with Crippen LogP contribution in [0.3, 0.4) is 0 Å². The molecule has 5 nitrogen and oxygen atoms in total. The van der Waals surface area contributed by atoms with Gasteiger partial charge < -0.3 is 9.90 Å². The van der Waals surface area contributed by atoms with Gasteiger partial charge in [0.1, 0.15) is 0 Å². The van der Waals surface area contributed by atoms with Gasteiger partial charge in [0, 0.05) is 17.8 Å². The zero-order valence-corrected chi connectivity index (χ0v) is 10.1. The van der Waals surface area contributed by atoms with Crippen LogP contribution in [-0.4, -0.2) is 16.9 Å². The molecule has 0 spiro atoms. The van der Waals surface area contributed by atoms with Crippen molar-refractivity contribution in [3.63, 3.8) is 0 Å². The van der Waals surface area contributed by atoms with E-state index < -0.39 is 5.97 Å². The highest BCUT2D eigenvalue weighted by Crippen LogP contribution is 2.18. The lowest BCUT2D eigenvalue weighted by molar-refractivity contribution is -0.304. The van der Waals surface area contributed by atoms with E-state index in [2.05, 4.69) is 10.3 Å². The summed E-state index contributed by atoms with van der Waals surface area (Å²) in [5.41, 5.74) is 0.386. The summed E-state index contributed by atoms with van der Waals surface area (Å²) in [6, 6.07) is 3.48. The second-order valence-corrected chi connectivity index (χ2v) is 4.93. The number of carboxylic acid groups (broad SMARTS) is 1. The van der Waals surface area contributed by atoms with Crippen molar-refractivity contribution in [2.75, 3.05) is 5.32 Å². The van der Waals surface area contributed by atoms with E-state index in [-0.39, 0.29) is 12.3 Å². The second kappa shape index (κ2) is 5.07. The molecule has 1 N–H and O–H groups in total. The second-order valence-electron chi connectivity index (χ2n) is 3.12. The maximum Gasteiger partial charge on any atom is 0.267 e. The molecule has 0 atom stereocenters. The Kier molecular flexibility index (Phi) is 3.50. The van der Waals surface area contributed by atoms with Crippen LogP contribution in [-0.2, 0) is 11.2 Å². The van der Waals surface area contributed by atoms with Gasteiger partial charge in [-0.25, -0.2) is 4.98 Å². The van der Waals surface area contributed by atoms with Gasteiger partial charge in [-0.1, -0.05) is 6.07 Å². The van der Waals surface area contributed by atoms with Gasteiger partial charge in [0.05, 0.1) is 10.6 Å². The van der Waals surface area contributed by atoms with Gasteiger partial charge in [-0.15, -0.1) is 22.7 Å². The van der Waals surface area contributed by atoms with E-state index in [9.17, 15) is 14.7 Å². The van der Waals surface area contributed by atoms with Crippen LogP contribution in [0.2, 0.25) is 0 Å².